The molecular formula is C14H16N4O3. The van der Waals surface area contributed by atoms with Gasteiger partial charge in [-0.2, -0.15) is 5.10 Å². The average molecular weight is 288 g/mol. The van der Waals surface area contributed by atoms with E-state index in [1.807, 2.05) is 0 Å². The van der Waals surface area contributed by atoms with Gasteiger partial charge in [0, 0.05) is 24.9 Å². The Labute approximate surface area is 121 Å². The summed E-state index contributed by atoms with van der Waals surface area (Å²) < 4.78 is 1.56. The van der Waals surface area contributed by atoms with Crippen molar-refractivity contribution in [3.63, 3.8) is 0 Å². The van der Waals surface area contributed by atoms with Crippen LogP contribution in [0.4, 0.5) is 0 Å². The van der Waals surface area contributed by atoms with Crippen LogP contribution in [-0.4, -0.2) is 37.8 Å². The molecule has 0 radical (unpaired) electrons. The predicted molar refractivity (Wildman–Crippen MR) is 75.2 cm³/mol. The normalized spacial score (nSPS) is 11.9. The number of nitrogens with zero attached hydrogens (tertiary/aromatic N) is 3. The number of rotatable bonds is 6. The lowest BCUT2D eigenvalue weighted by atomic mass is 10.2. The van der Waals surface area contributed by atoms with Crippen molar-refractivity contribution in [3.05, 3.63) is 42.4 Å². The summed E-state index contributed by atoms with van der Waals surface area (Å²) in [5.41, 5.74) is 0.269. The Hall–Kier alpha value is -2.70. The molecule has 2 aromatic heterocycles. The Morgan fingerprint density at radius 2 is 2.19 bits per heavy atom. The van der Waals surface area contributed by atoms with Crippen LogP contribution in [0.25, 0.3) is 5.82 Å². The molecule has 0 aliphatic rings. The molecular weight excluding hydrogens is 272 g/mol. The molecule has 7 heteroatoms. The molecule has 0 aliphatic carbocycles. The van der Waals surface area contributed by atoms with Gasteiger partial charge in [0.1, 0.15) is 5.69 Å². The average Bonchev–Trinajstić information content (AvgIpc) is 2.99. The van der Waals surface area contributed by atoms with Crippen molar-refractivity contribution >= 4 is 11.9 Å². The molecule has 0 aliphatic heterocycles. The first-order valence-electron chi connectivity index (χ1n) is 6.56. The molecule has 0 spiro atoms. The highest BCUT2D eigenvalue weighted by Gasteiger charge is 2.13. The van der Waals surface area contributed by atoms with Crippen LogP contribution in [-0.2, 0) is 4.79 Å². The summed E-state index contributed by atoms with van der Waals surface area (Å²) in [5, 5.41) is 15.4. The first kappa shape index (κ1) is 14.7. The molecule has 0 bridgehead atoms. The molecule has 0 fully saturated rings. The zero-order valence-corrected chi connectivity index (χ0v) is 11.6. The zero-order valence-electron chi connectivity index (χ0n) is 11.6. The van der Waals surface area contributed by atoms with E-state index in [1.165, 1.54) is 0 Å². The van der Waals surface area contributed by atoms with E-state index in [2.05, 4.69) is 15.4 Å². The van der Waals surface area contributed by atoms with E-state index in [9.17, 15) is 9.59 Å². The number of hydrogen-bond acceptors (Lipinski definition) is 4. The van der Waals surface area contributed by atoms with E-state index in [0.717, 1.165) is 0 Å². The van der Waals surface area contributed by atoms with Gasteiger partial charge in [0.2, 0.25) is 0 Å². The van der Waals surface area contributed by atoms with Gasteiger partial charge < -0.3 is 10.4 Å². The molecule has 2 aromatic rings. The van der Waals surface area contributed by atoms with Gasteiger partial charge in [-0.05, 0) is 31.5 Å². The van der Waals surface area contributed by atoms with Crippen LogP contribution in [0.3, 0.4) is 0 Å². The fraction of sp³-hybridized carbons (Fsp3) is 0.286. The van der Waals surface area contributed by atoms with Gasteiger partial charge in [0.05, 0.1) is 0 Å². The predicted octanol–water partition coefficient (Wildman–Crippen LogP) is 1.25. The first-order chi connectivity index (χ1) is 10.1. The van der Waals surface area contributed by atoms with Gasteiger partial charge in [-0.3, -0.25) is 9.59 Å². The van der Waals surface area contributed by atoms with E-state index < -0.39 is 5.97 Å². The van der Waals surface area contributed by atoms with Gasteiger partial charge in [-0.1, -0.05) is 6.07 Å². The lowest BCUT2D eigenvalue weighted by Gasteiger charge is -2.12. The van der Waals surface area contributed by atoms with Gasteiger partial charge in [0.25, 0.3) is 5.91 Å². The topological polar surface area (TPSA) is 97.1 Å². The summed E-state index contributed by atoms with van der Waals surface area (Å²) in [6, 6.07) is 6.61. The summed E-state index contributed by atoms with van der Waals surface area (Å²) in [5.74, 6) is -0.664. The highest BCUT2D eigenvalue weighted by molar-refractivity contribution is 5.92. The Balaban J connectivity index is 2.03. The second-order valence-electron chi connectivity index (χ2n) is 4.64. The number of amides is 1. The van der Waals surface area contributed by atoms with Crippen LogP contribution in [0.5, 0.6) is 0 Å². The maximum atomic E-state index is 12.1. The number of carboxylic acid groups (broad SMARTS) is 1. The molecule has 2 heterocycles. The number of aliphatic carboxylic acids is 1. The monoisotopic (exact) mass is 288 g/mol. The quantitative estimate of drug-likeness (QED) is 0.833. The maximum absolute atomic E-state index is 12.1. The Morgan fingerprint density at radius 1 is 1.38 bits per heavy atom. The largest absolute Gasteiger partial charge is 0.481 e. The summed E-state index contributed by atoms with van der Waals surface area (Å²) in [4.78, 5) is 26.8. The number of pyridine rings is 1. The summed E-state index contributed by atoms with van der Waals surface area (Å²) >= 11 is 0. The molecule has 1 amide bonds. The van der Waals surface area contributed by atoms with Gasteiger partial charge in [-0.15, -0.1) is 0 Å². The van der Waals surface area contributed by atoms with E-state index in [4.69, 9.17) is 5.11 Å². The number of nitrogens with one attached hydrogen (secondary N) is 1. The van der Waals surface area contributed by atoms with Crippen molar-refractivity contribution in [1.29, 1.82) is 0 Å². The molecule has 1 unspecified atom stereocenters. The minimum atomic E-state index is -0.880. The van der Waals surface area contributed by atoms with E-state index in [-0.39, 0.29) is 24.1 Å². The Morgan fingerprint density at radius 3 is 2.86 bits per heavy atom. The minimum absolute atomic E-state index is 0.0161. The molecule has 2 rings (SSSR count). The zero-order chi connectivity index (χ0) is 15.2. The van der Waals surface area contributed by atoms with Crippen LogP contribution in [0.1, 0.15) is 30.3 Å². The third-order valence-electron chi connectivity index (χ3n) is 2.87. The Kier molecular flexibility index (Phi) is 4.65. The molecule has 110 valence electrons. The van der Waals surface area contributed by atoms with Crippen LogP contribution in [0, 0.1) is 0 Å². The SMILES string of the molecule is CC(CCC(=O)O)NC(=O)c1cccc(-n2cccn2)n1. The number of carbonyl (C=O) groups is 2. The standard InChI is InChI=1S/C14H16N4O3/c1-10(6-7-13(19)20)16-14(21)11-4-2-5-12(17-11)18-9-3-8-15-18/h2-5,8-10H,6-7H2,1H3,(H,16,21)(H,19,20). The van der Waals surface area contributed by atoms with Gasteiger partial charge in [0.15, 0.2) is 5.82 Å². The first-order valence-corrected chi connectivity index (χ1v) is 6.56. The highest BCUT2D eigenvalue weighted by atomic mass is 16.4. The molecule has 21 heavy (non-hydrogen) atoms. The van der Waals surface area contributed by atoms with Crippen LogP contribution in [0.2, 0.25) is 0 Å². The van der Waals surface area contributed by atoms with E-state index in [1.54, 1.807) is 48.3 Å². The summed E-state index contributed by atoms with van der Waals surface area (Å²) in [7, 11) is 0. The minimum Gasteiger partial charge on any atom is -0.481 e. The molecule has 0 saturated heterocycles. The van der Waals surface area contributed by atoms with Crippen molar-refractivity contribution in [1.82, 2.24) is 20.1 Å². The third-order valence-corrected chi connectivity index (χ3v) is 2.87. The second-order valence-corrected chi connectivity index (χ2v) is 4.64. The van der Waals surface area contributed by atoms with Crippen molar-refractivity contribution in [3.8, 4) is 5.82 Å². The molecule has 7 nitrogen and oxygen atoms in total. The summed E-state index contributed by atoms with van der Waals surface area (Å²) in [6.07, 6.45) is 3.75. The number of hydrogen-bond donors (Lipinski definition) is 2. The van der Waals surface area contributed by atoms with Crippen molar-refractivity contribution < 1.29 is 14.7 Å². The highest BCUT2D eigenvalue weighted by Crippen LogP contribution is 2.05. The number of carboxylic acids is 1. The number of carbonyl (C=O) groups excluding carboxylic acids is 1. The molecule has 0 aromatic carbocycles. The van der Waals surface area contributed by atoms with Crippen molar-refractivity contribution in [2.24, 2.45) is 0 Å². The van der Waals surface area contributed by atoms with Gasteiger partial charge >= 0.3 is 5.97 Å². The fourth-order valence-corrected chi connectivity index (χ4v) is 1.79. The lowest BCUT2D eigenvalue weighted by molar-refractivity contribution is -0.137. The van der Waals surface area contributed by atoms with Crippen LogP contribution >= 0.6 is 0 Å². The van der Waals surface area contributed by atoms with Crippen LogP contribution < -0.4 is 5.32 Å². The van der Waals surface area contributed by atoms with Gasteiger partial charge in [-0.25, -0.2) is 9.67 Å². The molecule has 2 N–H and O–H groups in total. The van der Waals surface area contributed by atoms with Crippen molar-refractivity contribution in [2.45, 2.75) is 25.8 Å². The maximum Gasteiger partial charge on any atom is 0.303 e. The fourth-order valence-electron chi connectivity index (χ4n) is 1.79. The number of aromatic nitrogens is 3. The lowest BCUT2D eigenvalue weighted by Crippen LogP contribution is -2.33. The van der Waals surface area contributed by atoms with Crippen LogP contribution in [0.15, 0.2) is 36.7 Å². The smallest absolute Gasteiger partial charge is 0.303 e. The Bertz CT molecular complexity index is 625. The van der Waals surface area contributed by atoms with Crippen molar-refractivity contribution in [2.75, 3.05) is 0 Å². The van der Waals surface area contributed by atoms with E-state index >= 15 is 0 Å². The summed E-state index contributed by atoms with van der Waals surface area (Å²) in [6.45, 7) is 1.76. The molecule has 1 atom stereocenters. The second kappa shape index (κ2) is 6.65. The molecule has 0 saturated carbocycles. The van der Waals surface area contributed by atoms with E-state index in [0.29, 0.717) is 12.2 Å². The third kappa shape index (κ3) is 4.13.